The van der Waals surface area contributed by atoms with Gasteiger partial charge < -0.3 is 21.1 Å². The molecule has 0 fully saturated rings. The van der Waals surface area contributed by atoms with Gasteiger partial charge in [0.1, 0.15) is 11.5 Å². The number of halogens is 1. The van der Waals surface area contributed by atoms with Crippen LogP contribution in [0.1, 0.15) is 62.4 Å². The van der Waals surface area contributed by atoms with E-state index in [4.69, 9.17) is 0 Å². The van der Waals surface area contributed by atoms with Crippen molar-refractivity contribution in [3.8, 4) is 0 Å². The SMILES string of the molecule is CC1(C)Cc2cc(C(=O)O)ccc2NC1c1ccc(F)c(NC(=O)c2ncccc2NC(=O)c2ccccn2)c1. The largest absolute Gasteiger partial charge is 0.478 e. The summed E-state index contributed by atoms with van der Waals surface area (Å²) in [7, 11) is 0. The predicted octanol–water partition coefficient (Wildman–Crippen LogP) is 5.55. The number of rotatable bonds is 6. The maximum absolute atomic E-state index is 14.9. The molecule has 2 aromatic carbocycles. The van der Waals surface area contributed by atoms with E-state index in [2.05, 4.69) is 25.9 Å². The number of carbonyl (C=O) groups is 3. The fraction of sp³-hybridized carbons (Fsp3) is 0.167. The summed E-state index contributed by atoms with van der Waals surface area (Å²) in [5.41, 5.74) is 2.45. The van der Waals surface area contributed by atoms with E-state index in [1.165, 1.54) is 36.7 Å². The third kappa shape index (κ3) is 5.37. The molecule has 0 radical (unpaired) electrons. The van der Waals surface area contributed by atoms with Crippen molar-refractivity contribution in [3.05, 3.63) is 113 Å². The molecule has 0 saturated carbocycles. The van der Waals surface area contributed by atoms with Crippen molar-refractivity contribution in [2.75, 3.05) is 16.0 Å². The standard InChI is InChI=1S/C30H26FN5O4/c1-30(2)16-19-14-18(29(39)40)9-11-21(19)34-26(30)17-8-10-20(31)24(15-17)36-28(38)25-22(7-5-13-33-25)35-27(37)23-6-3-4-12-32-23/h3-15,26,34H,16H2,1-2H3,(H,35,37)(H,36,38)(H,39,40). The number of amides is 2. The van der Waals surface area contributed by atoms with Crippen molar-refractivity contribution in [2.24, 2.45) is 5.41 Å². The normalized spacial score (nSPS) is 15.3. The number of pyridine rings is 2. The first-order valence-electron chi connectivity index (χ1n) is 12.5. The van der Waals surface area contributed by atoms with Gasteiger partial charge in [-0.15, -0.1) is 0 Å². The molecule has 4 aromatic rings. The maximum atomic E-state index is 14.9. The first-order valence-corrected chi connectivity index (χ1v) is 12.5. The molecule has 2 aromatic heterocycles. The molecular formula is C30H26FN5O4. The van der Waals surface area contributed by atoms with E-state index < -0.39 is 23.6 Å². The van der Waals surface area contributed by atoms with Crippen LogP contribution in [-0.2, 0) is 6.42 Å². The van der Waals surface area contributed by atoms with Crippen LogP contribution in [-0.4, -0.2) is 32.9 Å². The third-order valence-corrected chi connectivity index (χ3v) is 6.82. The zero-order valence-corrected chi connectivity index (χ0v) is 21.7. The predicted molar refractivity (Wildman–Crippen MR) is 148 cm³/mol. The molecule has 4 N–H and O–H groups in total. The van der Waals surface area contributed by atoms with Crippen LogP contribution < -0.4 is 16.0 Å². The second-order valence-electron chi connectivity index (χ2n) is 10.2. The number of nitrogens with zero attached hydrogens (tertiary/aromatic N) is 2. The number of carboxylic acid groups (broad SMARTS) is 1. The summed E-state index contributed by atoms with van der Waals surface area (Å²) in [6, 6.07) is 17.2. The van der Waals surface area contributed by atoms with E-state index in [0.717, 1.165) is 16.8 Å². The summed E-state index contributed by atoms with van der Waals surface area (Å²) in [5, 5.41) is 18.0. The van der Waals surface area contributed by atoms with E-state index in [0.29, 0.717) is 6.42 Å². The van der Waals surface area contributed by atoms with E-state index in [1.54, 1.807) is 42.5 Å². The van der Waals surface area contributed by atoms with E-state index in [1.807, 2.05) is 13.8 Å². The van der Waals surface area contributed by atoms with Gasteiger partial charge in [-0.2, -0.15) is 0 Å². The van der Waals surface area contributed by atoms with Crippen LogP contribution in [0.25, 0.3) is 0 Å². The Bertz CT molecular complexity index is 1620. The van der Waals surface area contributed by atoms with E-state index in [-0.39, 0.29) is 39.8 Å². The molecule has 0 saturated heterocycles. The maximum Gasteiger partial charge on any atom is 0.335 e. The number of carboxylic acids is 1. The van der Waals surface area contributed by atoms with E-state index >= 15 is 0 Å². The van der Waals surface area contributed by atoms with Crippen LogP contribution >= 0.6 is 0 Å². The number of aromatic nitrogens is 2. The lowest BCUT2D eigenvalue weighted by atomic mass is 9.72. The summed E-state index contributed by atoms with van der Waals surface area (Å²) >= 11 is 0. The average Bonchev–Trinajstić information content (AvgIpc) is 2.93. The van der Waals surface area contributed by atoms with Gasteiger partial charge in [0.2, 0.25) is 0 Å². The van der Waals surface area contributed by atoms with Crippen molar-refractivity contribution in [1.82, 2.24) is 9.97 Å². The van der Waals surface area contributed by atoms with Gasteiger partial charge in [0.05, 0.1) is 23.0 Å². The first-order chi connectivity index (χ1) is 19.1. The Balaban J connectivity index is 1.39. The zero-order chi connectivity index (χ0) is 28.4. The molecule has 2 amide bonds. The van der Waals surface area contributed by atoms with Crippen molar-refractivity contribution in [2.45, 2.75) is 26.3 Å². The highest BCUT2D eigenvalue weighted by molar-refractivity contribution is 6.11. The number of hydrogen-bond donors (Lipinski definition) is 4. The number of nitrogens with one attached hydrogen (secondary N) is 3. The second-order valence-corrected chi connectivity index (χ2v) is 10.2. The molecular weight excluding hydrogens is 513 g/mol. The highest BCUT2D eigenvalue weighted by atomic mass is 19.1. The summed E-state index contributed by atoms with van der Waals surface area (Å²) in [5.74, 6) is -2.84. The number of fused-ring (bicyclic) bond motifs is 1. The Labute approximate surface area is 229 Å². The Hall–Kier alpha value is -5.12. The van der Waals surface area contributed by atoms with Gasteiger partial charge in [-0.3, -0.25) is 14.6 Å². The molecule has 0 spiro atoms. The van der Waals surface area contributed by atoms with Crippen LogP contribution in [0.2, 0.25) is 0 Å². The highest BCUT2D eigenvalue weighted by Crippen LogP contribution is 2.45. The first kappa shape index (κ1) is 26.5. The fourth-order valence-corrected chi connectivity index (χ4v) is 4.86. The number of hydrogen-bond acceptors (Lipinski definition) is 6. The Kier molecular flexibility index (Phi) is 7.00. The van der Waals surface area contributed by atoms with E-state index in [9.17, 15) is 23.9 Å². The van der Waals surface area contributed by atoms with Gasteiger partial charge in [-0.1, -0.05) is 26.0 Å². The topological polar surface area (TPSA) is 133 Å². The Morgan fingerprint density at radius 2 is 1.70 bits per heavy atom. The molecule has 1 unspecified atom stereocenters. The zero-order valence-electron chi connectivity index (χ0n) is 21.7. The van der Waals surface area contributed by atoms with Gasteiger partial charge in [-0.05, 0) is 77.6 Å². The van der Waals surface area contributed by atoms with Crippen LogP contribution in [0.5, 0.6) is 0 Å². The monoisotopic (exact) mass is 539 g/mol. The summed E-state index contributed by atoms with van der Waals surface area (Å²) in [6.07, 6.45) is 3.48. The average molecular weight is 540 g/mol. The van der Waals surface area contributed by atoms with Crippen LogP contribution in [0, 0.1) is 11.2 Å². The third-order valence-electron chi connectivity index (χ3n) is 6.82. The molecule has 40 heavy (non-hydrogen) atoms. The van der Waals surface area contributed by atoms with Gasteiger partial charge >= 0.3 is 5.97 Å². The molecule has 9 nitrogen and oxygen atoms in total. The van der Waals surface area contributed by atoms with Gasteiger partial charge in [0.25, 0.3) is 11.8 Å². The molecule has 0 aliphatic carbocycles. The summed E-state index contributed by atoms with van der Waals surface area (Å²) in [4.78, 5) is 45.3. The van der Waals surface area contributed by atoms with Crippen LogP contribution in [0.3, 0.4) is 0 Å². The van der Waals surface area contributed by atoms with Crippen LogP contribution in [0.15, 0.2) is 79.1 Å². The number of anilines is 3. The number of aromatic carboxylic acids is 1. The minimum atomic E-state index is -0.992. The molecule has 1 atom stereocenters. The lowest BCUT2D eigenvalue weighted by molar-refractivity contribution is 0.0696. The summed E-state index contributed by atoms with van der Waals surface area (Å²) < 4.78 is 14.9. The van der Waals surface area contributed by atoms with Crippen LogP contribution in [0.4, 0.5) is 21.5 Å². The van der Waals surface area contributed by atoms with Gasteiger partial charge in [0, 0.05) is 18.1 Å². The van der Waals surface area contributed by atoms with Crippen molar-refractivity contribution in [1.29, 1.82) is 0 Å². The van der Waals surface area contributed by atoms with Crippen molar-refractivity contribution >= 4 is 34.8 Å². The quantitative estimate of drug-likeness (QED) is 0.252. The molecule has 3 heterocycles. The van der Waals surface area contributed by atoms with Crippen molar-refractivity contribution < 1.29 is 23.9 Å². The molecule has 1 aliphatic rings. The van der Waals surface area contributed by atoms with Crippen molar-refractivity contribution in [3.63, 3.8) is 0 Å². The minimum absolute atomic E-state index is 0.0419. The lowest BCUT2D eigenvalue weighted by Crippen LogP contribution is -2.35. The lowest BCUT2D eigenvalue weighted by Gasteiger charge is -2.41. The van der Waals surface area contributed by atoms with Gasteiger partial charge in [-0.25, -0.2) is 14.2 Å². The fourth-order valence-electron chi connectivity index (χ4n) is 4.86. The smallest absolute Gasteiger partial charge is 0.335 e. The van der Waals surface area contributed by atoms with Gasteiger partial charge in [0.15, 0.2) is 5.69 Å². The molecule has 0 bridgehead atoms. The molecule has 5 rings (SSSR count). The molecule has 1 aliphatic heterocycles. The number of benzene rings is 2. The minimum Gasteiger partial charge on any atom is -0.478 e. The summed E-state index contributed by atoms with van der Waals surface area (Å²) in [6.45, 7) is 4.07. The molecule has 202 valence electrons. The highest BCUT2D eigenvalue weighted by Gasteiger charge is 2.36. The Morgan fingerprint density at radius 3 is 2.45 bits per heavy atom. The number of carbonyl (C=O) groups excluding carboxylic acids is 2. The Morgan fingerprint density at radius 1 is 0.925 bits per heavy atom. The molecule has 10 heteroatoms. The second kappa shape index (κ2) is 10.6.